The molecule has 21 heavy (non-hydrogen) atoms. The summed E-state index contributed by atoms with van der Waals surface area (Å²) in [4.78, 5) is 12.6. The highest BCUT2D eigenvalue weighted by molar-refractivity contribution is 5.69. The molecule has 0 amide bonds. The lowest BCUT2D eigenvalue weighted by molar-refractivity contribution is -0.137. The third kappa shape index (κ3) is 15.0. The summed E-state index contributed by atoms with van der Waals surface area (Å²) < 4.78 is 0. The molecule has 0 saturated heterocycles. The van der Waals surface area contributed by atoms with Crippen molar-refractivity contribution in [2.75, 3.05) is 6.54 Å². The minimum atomic E-state index is -0.790. The predicted octanol–water partition coefficient (Wildman–Crippen LogP) is 5.34. The molecule has 0 aliphatic heterocycles. The number of hydrogen-bond acceptors (Lipinski definition) is 2. The van der Waals surface area contributed by atoms with Crippen molar-refractivity contribution in [1.29, 1.82) is 0 Å². The number of aliphatic carboxylic acids is 1. The first-order chi connectivity index (χ1) is 10.2. The fraction of sp³-hybridized carbons (Fsp3) is 0.722. The van der Waals surface area contributed by atoms with Crippen molar-refractivity contribution >= 4 is 5.97 Å². The van der Waals surface area contributed by atoms with Crippen molar-refractivity contribution in [2.45, 2.75) is 78.1 Å². The van der Waals surface area contributed by atoms with Gasteiger partial charge in [-0.05, 0) is 25.7 Å². The predicted molar refractivity (Wildman–Crippen MR) is 90.1 cm³/mol. The highest BCUT2D eigenvalue weighted by Crippen LogP contribution is 2.06. The number of carboxylic acid groups (broad SMARTS) is 1. The van der Waals surface area contributed by atoms with E-state index in [2.05, 4.69) is 26.0 Å². The minimum Gasteiger partial charge on any atom is -0.480 e. The highest BCUT2D eigenvalue weighted by Gasteiger charge is 2.00. The van der Waals surface area contributed by atoms with Crippen LogP contribution < -0.4 is 0 Å². The molecule has 0 aromatic heterocycles. The van der Waals surface area contributed by atoms with E-state index in [0.29, 0.717) is 0 Å². The van der Waals surface area contributed by atoms with Gasteiger partial charge in [0.05, 0.1) is 0 Å². The van der Waals surface area contributed by atoms with Gasteiger partial charge >= 0.3 is 5.97 Å². The van der Waals surface area contributed by atoms with Crippen LogP contribution in [0, 0.1) is 0 Å². The van der Waals surface area contributed by atoms with Crippen molar-refractivity contribution in [3.63, 3.8) is 0 Å². The normalized spacial score (nSPS) is 11.5. The van der Waals surface area contributed by atoms with Crippen LogP contribution in [0.25, 0.3) is 0 Å². The number of rotatable bonds is 14. The second-order valence-electron chi connectivity index (χ2n) is 5.53. The molecule has 0 fully saturated rings. The Bertz CT molecular complexity index is 276. The van der Waals surface area contributed by atoms with Gasteiger partial charge in [-0.25, -0.2) is 0 Å². The third-order valence-corrected chi connectivity index (χ3v) is 3.36. The Hall–Kier alpha value is -1.25. The van der Waals surface area contributed by atoms with Gasteiger partial charge < -0.3 is 10.0 Å². The van der Waals surface area contributed by atoms with Crippen LogP contribution in [0.3, 0.4) is 0 Å². The topological polar surface area (TPSA) is 40.5 Å². The van der Waals surface area contributed by atoms with E-state index in [0.717, 1.165) is 12.8 Å². The number of hydrogen-bond donors (Lipinski definition) is 1. The largest absolute Gasteiger partial charge is 0.480 e. The summed E-state index contributed by atoms with van der Waals surface area (Å²) in [6, 6.07) is 0. The smallest absolute Gasteiger partial charge is 0.323 e. The van der Waals surface area contributed by atoms with Crippen molar-refractivity contribution in [3.05, 3.63) is 24.6 Å². The minimum absolute atomic E-state index is 0.0386. The van der Waals surface area contributed by atoms with Gasteiger partial charge in [0.25, 0.3) is 0 Å². The average Bonchev–Trinajstić information content (AvgIpc) is 2.45. The quantitative estimate of drug-likeness (QED) is 0.440. The molecule has 3 nitrogen and oxygen atoms in total. The highest BCUT2D eigenvalue weighted by atomic mass is 16.4. The molecule has 0 atom stereocenters. The summed E-state index contributed by atoms with van der Waals surface area (Å²) in [6.07, 6.45) is 20.0. The first-order valence-electron chi connectivity index (χ1n) is 8.51. The zero-order valence-electron chi connectivity index (χ0n) is 13.9. The Morgan fingerprint density at radius 3 is 1.71 bits per heavy atom. The fourth-order valence-corrected chi connectivity index (χ4v) is 2.11. The molecule has 0 aromatic rings. The molecule has 122 valence electrons. The van der Waals surface area contributed by atoms with Crippen LogP contribution in [0.5, 0.6) is 0 Å². The summed E-state index contributed by atoms with van der Waals surface area (Å²) in [6.45, 7) is 4.45. The van der Waals surface area contributed by atoms with E-state index in [1.54, 1.807) is 4.90 Å². The maximum atomic E-state index is 10.8. The molecule has 0 saturated carbocycles. The average molecular weight is 295 g/mol. The number of carbonyl (C=O) groups is 1. The van der Waals surface area contributed by atoms with E-state index in [-0.39, 0.29) is 6.54 Å². The Morgan fingerprint density at radius 2 is 1.33 bits per heavy atom. The van der Waals surface area contributed by atoms with Crippen molar-refractivity contribution in [1.82, 2.24) is 4.90 Å². The van der Waals surface area contributed by atoms with Gasteiger partial charge in [0.1, 0.15) is 6.54 Å². The lowest BCUT2D eigenvalue weighted by Crippen LogP contribution is -2.19. The molecule has 1 N–H and O–H groups in total. The molecule has 0 aliphatic carbocycles. The lowest BCUT2D eigenvalue weighted by atomic mass is 10.1. The first-order valence-corrected chi connectivity index (χ1v) is 8.51. The van der Waals surface area contributed by atoms with Crippen LogP contribution in [-0.2, 0) is 4.79 Å². The molecule has 0 unspecified atom stereocenters. The van der Waals surface area contributed by atoms with Crippen LogP contribution in [-0.4, -0.2) is 22.5 Å². The van der Waals surface area contributed by atoms with E-state index in [1.807, 2.05) is 12.4 Å². The molecule has 0 aromatic carbocycles. The summed E-state index contributed by atoms with van der Waals surface area (Å²) in [5.41, 5.74) is 0. The molecule has 0 spiro atoms. The summed E-state index contributed by atoms with van der Waals surface area (Å²) >= 11 is 0. The molecular formula is C18H33NO2. The molecule has 0 rings (SSSR count). The summed E-state index contributed by atoms with van der Waals surface area (Å²) in [5, 5.41) is 8.92. The monoisotopic (exact) mass is 295 g/mol. The van der Waals surface area contributed by atoms with E-state index < -0.39 is 5.97 Å². The number of unbranched alkanes of at least 4 members (excludes halogenated alkanes) is 8. The number of carboxylic acids is 1. The van der Waals surface area contributed by atoms with Gasteiger partial charge in [0.2, 0.25) is 0 Å². The second-order valence-corrected chi connectivity index (χ2v) is 5.53. The van der Waals surface area contributed by atoms with Crippen LogP contribution in [0.15, 0.2) is 24.6 Å². The van der Waals surface area contributed by atoms with E-state index in [4.69, 9.17) is 5.11 Å². The second kappa shape index (κ2) is 15.1. The standard InChI is InChI=1S/C18H33NO2/c1-3-5-7-9-11-13-15-19(17-18(20)21)16-14-12-10-8-6-4-2/h13-16H,3-12,17H2,1-2H3,(H,20,21)/b15-13+,16-14+. The van der Waals surface area contributed by atoms with Gasteiger partial charge in [0, 0.05) is 12.4 Å². The van der Waals surface area contributed by atoms with E-state index >= 15 is 0 Å². The SMILES string of the molecule is CCCCCC/C=C/N(/C=C/CCCCCC)CC(=O)O. The molecule has 0 aliphatic rings. The zero-order valence-corrected chi connectivity index (χ0v) is 13.9. The Morgan fingerprint density at radius 1 is 0.857 bits per heavy atom. The molecular weight excluding hydrogens is 262 g/mol. The Labute approximate surface area is 130 Å². The van der Waals surface area contributed by atoms with Crippen LogP contribution in [0.2, 0.25) is 0 Å². The van der Waals surface area contributed by atoms with Crippen LogP contribution >= 0.6 is 0 Å². The zero-order chi connectivity index (χ0) is 15.8. The fourth-order valence-electron chi connectivity index (χ4n) is 2.11. The van der Waals surface area contributed by atoms with Crippen molar-refractivity contribution in [3.8, 4) is 0 Å². The van der Waals surface area contributed by atoms with Gasteiger partial charge in [-0.1, -0.05) is 64.5 Å². The van der Waals surface area contributed by atoms with E-state index in [1.165, 1.54) is 51.4 Å². The van der Waals surface area contributed by atoms with Crippen molar-refractivity contribution in [2.24, 2.45) is 0 Å². The molecule has 3 heteroatoms. The van der Waals surface area contributed by atoms with Crippen LogP contribution in [0.4, 0.5) is 0 Å². The maximum Gasteiger partial charge on any atom is 0.323 e. The third-order valence-electron chi connectivity index (χ3n) is 3.36. The van der Waals surface area contributed by atoms with Crippen molar-refractivity contribution < 1.29 is 9.90 Å². The van der Waals surface area contributed by atoms with E-state index in [9.17, 15) is 4.79 Å². The Balaban J connectivity index is 3.98. The van der Waals surface area contributed by atoms with Crippen LogP contribution in [0.1, 0.15) is 78.1 Å². The number of nitrogens with zero attached hydrogens (tertiary/aromatic N) is 1. The first kappa shape index (κ1) is 19.8. The summed E-state index contributed by atoms with van der Waals surface area (Å²) in [5.74, 6) is -0.790. The lowest BCUT2D eigenvalue weighted by Gasteiger charge is -2.12. The molecule has 0 radical (unpaired) electrons. The van der Waals surface area contributed by atoms with Gasteiger partial charge in [-0.2, -0.15) is 0 Å². The van der Waals surface area contributed by atoms with Gasteiger partial charge in [-0.15, -0.1) is 0 Å². The van der Waals surface area contributed by atoms with Gasteiger partial charge in [-0.3, -0.25) is 4.79 Å². The molecule has 0 heterocycles. The number of allylic oxidation sites excluding steroid dienone is 2. The molecule has 0 bridgehead atoms. The van der Waals surface area contributed by atoms with Gasteiger partial charge in [0.15, 0.2) is 0 Å². The summed E-state index contributed by atoms with van der Waals surface area (Å²) in [7, 11) is 0. The maximum absolute atomic E-state index is 10.8. The Kier molecular flexibility index (Phi) is 14.2.